The average molecular weight is 517 g/mol. The van der Waals surface area contributed by atoms with E-state index < -0.39 is 12.9 Å². The molecule has 5 nitrogen and oxygen atoms in total. The molecule has 0 bridgehead atoms. The molecule has 2 saturated heterocycles. The monoisotopic (exact) mass is 516 g/mol. The Hall–Kier alpha value is -3.17. The third kappa shape index (κ3) is 4.90. The fourth-order valence-corrected chi connectivity index (χ4v) is 11.6. The van der Waals surface area contributed by atoms with E-state index in [9.17, 15) is 9.59 Å². The molecule has 2 aliphatic heterocycles. The molecule has 3 aromatic carbocycles. The van der Waals surface area contributed by atoms with E-state index in [1.165, 1.54) is 15.9 Å². The summed E-state index contributed by atoms with van der Waals surface area (Å²) in [5.74, 6) is 0.222. The van der Waals surface area contributed by atoms with Gasteiger partial charge < -0.3 is 0 Å². The number of benzene rings is 3. The number of rotatable bonds is 5. The number of ether oxygens (including phenoxy) is 1. The zero-order valence-electron chi connectivity index (χ0n) is 22.0. The number of likely N-dealkylation sites (tertiary alicyclic amines) is 2. The first kappa shape index (κ1) is 25.5. The molecule has 0 aliphatic carbocycles. The summed E-state index contributed by atoms with van der Waals surface area (Å²) in [5.41, 5.74) is -0.647. The zero-order valence-corrected chi connectivity index (χ0v) is 23.0. The predicted molar refractivity (Wildman–Crippen MR) is 153 cm³/mol. The van der Waals surface area contributed by atoms with Crippen LogP contribution in [0.4, 0.5) is 4.79 Å². The molecule has 194 valence electrons. The van der Waals surface area contributed by atoms with E-state index in [1.807, 2.05) is 39.0 Å². The summed E-state index contributed by atoms with van der Waals surface area (Å²) >= 11 is 0. The summed E-state index contributed by atoms with van der Waals surface area (Å²) < 4.78 is 5.60. The van der Waals surface area contributed by atoms with Crippen LogP contribution in [0.25, 0.3) is 0 Å². The van der Waals surface area contributed by atoms with Gasteiger partial charge in [0.25, 0.3) is 0 Å². The van der Waals surface area contributed by atoms with Gasteiger partial charge >= 0.3 is 221 Å². The van der Waals surface area contributed by atoms with Crippen molar-refractivity contribution in [2.45, 2.75) is 50.9 Å². The number of carbonyl (C=O) groups is 2. The number of carbonyl (C=O) groups excluding carboxylic acids is 2. The number of amides is 2. The Morgan fingerprint density at radius 3 is 1.73 bits per heavy atom. The summed E-state index contributed by atoms with van der Waals surface area (Å²) in [4.78, 5) is 30.9. The van der Waals surface area contributed by atoms with Crippen LogP contribution in [0, 0.1) is 0 Å². The molecule has 1 unspecified atom stereocenters. The Labute approximate surface area is 220 Å². The maximum absolute atomic E-state index is 14.4. The molecule has 5 rings (SSSR count). The quantitative estimate of drug-likeness (QED) is 0.475. The Morgan fingerprint density at radius 2 is 1.27 bits per heavy atom. The maximum atomic E-state index is 14.4. The molecule has 0 spiro atoms. The van der Waals surface area contributed by atoms with Crippen LogP contribution in [-0.2, 0) is 9.53 Å². The molecule has 0 radical (unpaired) electrons. The second kappa shape index (κ2) is 10.3. The molecule has 3 aromatic rings. The topological polar surface area (TPSA) is 49.9 Å². The summed E-state index contributed by atoms with van der Waals surface area (Å²) in [7, 11) is -2.71. The van der Waals surface area contributed by atoms with Crippen molar-refractivity contribution in [2.24, 2.45) is 0 Å². The first-order valence-corrected chi connectivity index (χ1v) is 15.3. The number of nitrogens with zero attached hydrogens (tertiary/aromatic N) is 2. The molecule has 0 N–H and O–H groups in total. The van der Waals surface area contributed by atoms with Crippen molar-refractivity contribution < 1.29 is 14.3 Å². The van der Waals surface area contributed by atoms with Gasteiger partial charge in [0.2, 0.25) is 0 Å². The van der Waals surface area contributed by atoms with Crippen LogP contribution < -0.4 is 15.9 Å². The Kier molecular flexibility index (Phi) is 7.09. The van der Waals surface area contributed by atoms with Crippen LogP contribution in [-0.4, -0.2) is 58.7 Å². The number of hydrogen-bond acceptors (Lipinski definition) is 3. The van der Waals surface area contributed by atoms with Crippen molar-refractivity contribution in [3.05, 3.63) is 91.0 Å². The van der Waals surface area contributed by atoms with Gasteiger partial charge in [0.1, 0.15) is 0 Å². The van der Waals surface area contributed by atoms with Crippen molar-refractivity contribution in [2.75, 3.05) is 19.6 Å². The van der Waals surface area contributed by atoms with Crippen molar-refractivity contribution in [1.82, 2.24) is 9.80 Å². The summed E-state index contributed by atoms with van der Waals surface area (Å²) in [6.45, 7) is 7.52. The summed E-state index contributed by atoms with van der Waals surface area (Å²) in [6, 6.07) is 32.0. The molecule has 2 amide bonds. The van der Waals surface area contributed by atoms with Gasteiger partial charge in [-0.25, -0.2) is 0 Å². The van der Waals surface area contributed by atoms with Crippen LogP contribution in [0.1, 0.15) is 33.6 Å². The molecule has 2 fully saturated rings. The Bertz CT molecular complexity index is 1130. The van der Waals surface area contributed by atoms with Crippen LogP contribution >= 0.6 is 7.26 Å². The molecule has 2 aliphatic rings. The van der Waals surface area contributed by atoms with E-state index >= 15 is 0 Å². The minimum absolute atomic E-state index is 0.0269. The first-order chi connectivity index (χ1) is 17.8. The first-order valence-electron chi connectivity index (χ1n) is 13.3. The van der Waals surface area contributed by atoms with Crippen LogP contribution in [0.5, 0.6) is 0 Å². The van der Waals surface area contributed by atoms with Crippen molar-refractivity contribution >= 4 is 35.2 Å². The van der Waals surface area contributed by atoms with E-state index in [-0.39, 0.29) is 23.7 Å². The van der Waals surface area contributed by atoms with E-state index in [1.54, 1.807) is 4.90 Å². The molecular weight excluding hydrogens is 479 g/mol. The van der Waals surface area contributed by atoms with E-state index in [0.717, 1.165) is 19.4 Å². The second-order valence-corrected chi connectivity index (χ2v) is 15.2. The normalized spacial score (nSPS) is 20.8. The van der Waals surface area contributed by atoms with Crippen molar-refractivity contribution in [3.63, 3.8) is 0 Å². The van der Waals surface area contributed by atoms with Gasteiger partial charge in [0.05, 0.1) is 0 Å². The molecule has 2 heterocycles. The molecular formula is C31H37N2O3P. The van der Waals surface area contributed by atoms with Gasteiger partial charge in [-0.15, -0.1) is 0 Å². The van der Waals surface area contributed by atoms with Gasteiger partial charge in [0, 0.05) is 0 Å². The van der Waals surface area contributed by atoms with Gasteiger partial charge in [-0.2, -0.15) is 0 Å². The van der Waals surface area contributed by atoms with Gasteiger partial charge in [0.15, 0.2) is 0 Å². The van der Waals surface area contributed by atoms with Crippen LogP contribution in [0.2, 0.25) is 0 Å². The molecule has 0 aromatic heterocycles. The standard InChI is InChI=1S/C31H37N2O3P/c1-31(2,3)36-30(35)32-21-19-24(23-32)33-22-20-28(29(33)34)37(25-13-7-4-8-14-25,26-15-9-5-10-16-26)27-17-11-6-12-18-27/h4-18,24,28,37H,19-23H2,1-3H3/t24-,28?/m1/s1. The van der Waals surface area contributed by atoms with Gasteiger partial charge in [-0.3, -0.25) is 0 Å². The fraction of sp³-hybridized carbons (Fsp3) is 0.355. The fourth-order valence-electron chi connectivity index (χ4n) is 6.16. The Morgan fingerprint density at radius 1 is 0.784 bits per heavy atom. The Balaban J connectivity index is 1.51. The molecule has 6 heteroatoms. The molecule has 2 atom stereocenters. The van der Waals surface area contributed by atoms with Gasteiger partial charge in [-0.1, -0.05) is 0 Å². The van der Waals surface area contributed by atoms with Crippen molar-refractivity contribution in [3.8, 4) is 0 Å². The van der Waals surface area contributed by atoms with Crippen molar-refractivity contribution in [1.29, 1.82) is 0 Å². The molecule has 37 heavy (non-hydrogen) atoms. The average Bonchev–Trinajstić information content (AvgIpc) is 3.53. The molecule has 0 saturated carbocycles. The predicted octanol–water partition coefficient (Wildman–Crippen LogP) is 4.32. The third-order valence-corrected chi connectivity index (χ3v) is 13.0. The number of hydrogen-bond donors (Lipinski definition) is 0. The van der Waals surface area contributed by atoms with Gasteiger partial charge in [-0.05, 0) is 0 Å². The summed E-state index contributed by atoms with van der Waals surface area (Å²) in [6.07, 6.45) is 1.31. The van der Waals surface area contributed by atoms with Crippen LogP contribution in [0.15, 0.2) is 91.0 Å². The van der Waals surface area contributed by atoms with E-state index in [0.29, 0.717) is 13.1 Å². The third-order valence-electron chi connectivity index (χ3n) is 7.71. The SMILES string of the molecule is CC(C)(C)OC(=O)N1CC[C@@H](N2CCC([PH](c3ccccc3)(c3ccccc3)c3ccccc3)C2=O)C1. The van der Waals surface area contributed by atoms with Crippen LogP contribution in [0.3, 0.4) is 0 Å². The minimum atomic E-state index is -2.71. The van der Waals surface area contributed by atoms with E-state index in [4.69, 9.17) is 4.74 Å². The van der Waals surface area contributed by atoms with E-state index in [2.05, 4.69) is 77.7 Å². The zero-order chi connectivity index (χ0) is 26.0. The summed E-state index contributed by atoms with van der Waals surface area (Å²) in [5, 5.41) is 3.78. The second-order valence-electron chi connectivity index (χ2n) is 11.1.